The Hall–Kier alpha value is 0.434. The zero-order valence-corrected chi connectivity index (χ0v) is 29.2. The first kappa shape index (κ1) is 58.9. The van der Waals surface area contributed by atoms with Gasteiger partial charge in [-0.05, 0) is 55.4 Å². The molecule has 0 spiro atoms. The molecule has 0 bridgehead atoms. The molecule has 0 heterocycles. The van der Waals surface area contributed by atoms with Crippen LogP contribution in [0.2, 0.25) is 36.3 Å². The lowest BCUT2D eigenvalue weighted by Crippen LogP contribution is -2.42. The second-order valence-corrected chi connectivity index (χ2v) is 23.3. The van der Waals surface area contributed by atoms with Crippen molar-refractivity contribution in [2.24, 2.45) is 0 Å². The van der Waals surface area contributed by atoms with E-state index in [1.54, 1.807) is 0 Å². The summed E-state index contributed by atoms with van der Waals surface area (Å²) in [5.41, 5.74) is 0. The lowest BCUT2D eigenvalue weighted by atomic mass is 10.2. The zero-order valence-electron chi connectivity index (χ0n) is 25.5. The van der Waals surface area contributed by atoms with Crippen molar-refractivity contribution in [2.75, 3.05) is 71.8 Å². The van der Waals surface area contributed by atoms with Crippen LogP contribution in [0, 0.1) is 0 Å². The van der Waals surface area contributed by atoms with Crippen molar-refractivity contribution in [1.29, 1.82) is 0 Å². The van der Waals surface area contributed by atoms with Crippen LogP contribution in [0.5, 0.6) is 0 Å². The van der Waals surface area contributed by atoms with Crippen molar-refractivity contribution < 1.29 is 32.5 Å². The summed E-state index contributed by atoms with van der Waals surface area (Å²) in [5, 5.41) is 0.372. The fraction of sp³-hybridized carbons (Fsp3) is 0.969. The molecule has 0 rings (SSSR count). The summed E-state index contributed by atoms with van der Waals surface area (Å²) < 4.78 is 41.7. The highest BCUT2D eigenvalue weighted by Gasteiger charge is 2.37. The SMILES string of the molecule is C.C.C.C.C.C.CCOC(=S)SCCOCCOC(COCCO[Si](C)(C)C(C)(C)C)COCCO[Si](C)(C)C(C)(C)C. The zero-order chi connectivity index (χ0) is 28.6. The maximum Gasteiger partial charge on any atom is 0.220 e. The van der Waals surface area contributed by atoms with Gasteiger partial charge in [-0.3, -0.25) is 0 Å². The number of ether oxygens (including phenoxy) is 5. The predicted molar refractivity (Wildman–Crippen MR) is 206 cm³/mol. The molecule has 0 N–H and O–H groups in total. The van der Waals surface area contributed by atoms with Crippen LogP contribution in [0.3, 0.4) is 0 Å². The smallest absolute Gasteiger partial charge is 0.220 e. The molecule has 0 fully saturated rings. The van der Waals surface area contributed by atoms with E-state index in [-0.39, 0.29) is 60.7 Å². The Kier molecular flexibility index (Phi) is 40.8. The van der Waals surface area contributed by atoms with E-state index in [0.717, 1.165) is 5.75 Å². The van der Waals surface area contributed by atoms with Crippen molar-refractivity contribution in [3.05, 3.63) is 0 Å². The number of rotatable bonds is 20. The van der Waals surface area contributed by atoms with E-state index in [9.17, 15) is 0 Å². The highest BCUT2D eigenvalue weighted by molar-refractivity contribution is 8.22. The average molecular weight is 697 g/mol. The third-order valence-corrected chi connectivity index (χ3v) is 17.2. The van der Waals surface area contributed by atoms with Gasteiger partial charge >= 0.3 is 0 Å². The molecule has 0 aliphatic rings. The number of thiocarbonyl (C=S) groups is 1. The third-order valence-electron chi connectivity index (χ3n) is 6.89. The van der Waals surface area contributed by atoms with Crippen LogP contribution in [-0.2, 0) is 32.5 Å². The fourth-order valence-electron chi connectivity index (χ4n) is 2.44. The van der Waals surface area contributed by atoms with E-state index >= 15 is 0 Å². The van der Waals surface area contributed by atoms with Crippen LogP contribution in [0.4, 0.5) is 0 Å². The Labute approximate surface area is 283 Å². The molecule has 43 heavy (non-hydrogen) atoms. The molecular formula is C32H80O7S2Si2. The molecule has 0 saturated heterocycles. The molecule has 0 amide bonds. The van der Waals surface area contributed by atoms with E-state index in [4.69, 9.17) is 44.8 Å². The van der Waals surface area contributed by atoms with E-state index in [1.165, 1.54) is 11.8 Å². The van der Waals surface area contributed by atoms with Gasteiger partial charge in [-0.15, -0.1) is 0 Å². The first-order valence-electron chi connectivity index (χ1n) is 13.5. The van der Waals surface area contributed by atoms with Crippen molar-refractivity contribution >= 4 is 45.0 Å². The molecule has 0 atom stereocenters. The Balaban J connectivity index is -0.000000432. The Morgan fingerprint density at radius 1 is 0.628 bits per heavy atom. The summed E-state index contributed by atoms with van der Waals surface area (Å²) in [5.74, 6) is 0.761. The Morgan fingerprint density at radius 3 is 1.40 bits per heavy atom. The normalized spacial score (nSPS) is 11.5. The van der Waals surface area contributed by atoms with Gasteiger partial charge in [0.1, 0.15) is 6.10 Å². The third kappa shape index (κ3) is 28.4. The lowest BCUT2D eigenvalue weighted by Gasteiger charge is -2.36. The predicted octanol–water partition coefficient (Wildman–Crippen LogP) is 10.3. The van der Waals surface area contributed by atoms with Crippen LogP contribution >= 0.6 is 24.0 Å². The highest BCUT2D eigenvalue weighted by Crippen LogP contribution is 2.37. The first-order valence-corrected chi connectivity index (χ1v) is 20.7. The molecule has 0 aromatic heterocycles. The van der Waals surface area contributed by atoms with E-state index in [2.05, 4.69) is 67.7 Å². The maximum atomic E-state index is 6.21. The van der Waals surface area contributed by atoms with Gasteiger partial charge < -0.3 is 32.5 Å². The van der Waals surface area contributed by atoms with Crippen LogP contribution in [0.1, 0.15) is 93.0 Å². The molecule has 0 radical (unpaired) electrons. The summed E-state index contributed by atoms with van der Waals surface area (Å²) in [4.78, 5) is 0. The lowest BCUT2D eigenvalue weighted by molar-refractivity contribution is -0.0771. The van der Waals surface area contributed by atoms with Gasteiger partial charge in [-0.25, -0.2) is 0 Å². The molecule has 0 aliphatic heterocycles. The second-order valence-electron chi connectivity index (χ2n) is 12.0. The van der Waals surface area contributed by atoms with E-state index in [0.29, 0.717) is 70.5 Å². The molecule has 0 aliphatic carbocycles. The van der Waals surface area contributed by atoms with Crippen LogP contribution < -0.4 is 0 Å². The quantitative estimate of drug-likeness (QED) is 0.0703. The van der Waals surface area contributed by atoms with Gasteiger partial charge in [0.2, 0.25) is 4.38 Å². The number of hydrogen-bond donors (Lipinski definition) is 0. The van der Waals surface area contributed by atoms with Crippen molar-refractivity contribution in [3.63, 3.8) is 0 Å². The second kappa shape index (κ2) is 29.8. The molecule has 7 nitrogen and oxygen atoms in total. The summed E-state index contributed by atoms with van der Waals surface area (Å²) in [6.45, 7) is 29.7. The van der Waals surface area contributed by atoms with Gasteiger partial charge in [0, 0.05) is 5.75 Å². The molecule has 0 aromatic carbocycles. The van der Waals surface area contributed by atoms with E-state index in [1.807, 2.05) is 6.92 Å². The van der Waals surface area contributed by atoms with Crippen molar-refractivity contribution in [2.45, 2.75) is 135 Å². The molecular weight excluding hydrogens is 617 g/mol. The number of thioether (sulfide) groups is 1. The largest absolute Gasteiger partial charge is 0.479 e. The minimum Gasteiger partial charge on any atom is -0.479 e. The standard InChI is InChI=1S/C26H56O7S2Si2.6CH4/c1-12-30-24(34)35-20-19-27-13-16-31-23(21-28-14-17-32-36(8,9)25(2,3)4)22-29-15-18-33-37(10,11)26(5,6)7;;;;;;/h23H,12-22H2,1-11H3;6*1H4. The van der Waals surface area contributed by atoms with Crippen molar-refractivity contribution in [1.82, 2.24) is 0 Å². The summed E-state index contributed by atoms with van der Waals surface area (Å²) in [6, 6.07) is 0. The highest BCUT2D eigenvalue weighted by atomic mass is 32.2. The molecule has 270 valence electrons. The minimum absolute atomic E-state index is 0. The Morgan fingerprint density at radius 2 is 1.02 bits per heavy atom. The first-order chi connectivity index (χ1) is 17.0. The van der Waals surface area contributed by atoms with Crippen LogP contribution in [0.25, 0.3) is 0 Å². The fourth-order valence-corrected chi connectivity index (χ4v) is 5.43. The minimum atomic E-state index is -1.77. The van der Waals surface area contributed by atoms with Crippen LogP contribution in [-0.4, -0.2) is 98.9 Å². The van der Waals surface area contributed by atoms with E-state index < -0.39 is 16.6 Å². The monoisotopic (exact) mass is 696 g/mol. The summed E-state index contributed by atoms with van der Waals surface area (Å²) in [7, 11) is -3.54. The summed E-state index contributed by atoms with van der Waals surface area (Å²) >= 11 is 6.59. The Bertz CT molecular complexity index is 576. The van der Waals surface area contributed by atoms with Crippen molar-refractivity contribution in [3.8, 4) is 0 Å². The summed E-state index contributed by atoms with van der Waals surface area (Å²) in [6.07, 6.45) is -0.177. The van der Waals surface area contributed by atoms with Gasteiger partial charge in [0.15, 0.2) is 16.6 Å². The molecule has 11 heteroatoms. The van der Waals surface area contributed by atoms with Gasteiger partial charge in [-0.1, -0.05) is 97.9 Å². The van der Waals surface area contributed by atoms with Gasteiger partial charge in [-0.2, -0.15) is 0 Å². The molecule has 0 saturated carbocycles. The van der Waals surface area contributed by atoms with Gasteiger partial charge in [0.25, 0.3) is 0 Å². The topological polar surface area (TPSA) is 64.6 Å². The number of hydrogen-bond acceptors (Lipinski definition) is 9. The average Bonchev–Trinajstić information content (AvgIpc) is 2.75. The maximum absolute atomic E-state index is 6.21. The van der Waals surface area contributed by atoms with Crippen LogP contribution in [0.15, 0.2) is 0 Å². The van der Waals surface area contributed by atoms with Gasteiger partial charge in [0.05, 0.1) is 66.1 Å². The molecule has 0 aromatic rings. The molecule has 0 unspecified atom stereocenters.